The van der Waals surface area contributed by atoms with Gasteiger partial charge in [0.1, 0.15) is 23.4 Å². The maximum Gasteiger partial charge on any atom is 0.243 e. The van der Waals surface area contributed by atoms with E-state index < -0.39 is 0 Å². The normalized spacial score (nSPS) is 17.7. The standard InChI is InChI=1S/C32H40FN3O2/c1-2-38-28-17-13-23(14-18-28)21-25-15-16-26(33)22-29(25)31-34-19-20-36(31)30(24-9-5-3-6-10-24)32(37)35-27-11-7-4-8-12-27/h13-20,22,24,27,30H,2-12,21H2,1H3,(H,35,37). The fraction of sp³-hybridized carbons (Fsp3) is 0.500. The molecule has 1 heterocycles. The summed E-state index contributed by atoms with van der Waals surface area (Å²) in [6, 6.07) is 12.9. The Labute approximate surface area is 225 Å². The van der Waals surface area contributed by atoms with Gasteiger partial charge < -0.3 is 14.6 Å². The van der Waals surface area contributed by atoms with Crippen LogP contribution in [0.1, 0.15) is 88.3 Å². The molecule has 1 unspecified atom stereocenters. The van der Waals surface area contributed by atoms with E-state index in [0.29, 0.717) is 18.9 Å². The number of imidazole rings is 1. The van der Waals surface area contributed by atoms with Crippen molar-refractivity contribution in [3.05, 3.63) is 71.8 Å². The molecule has 0 aliphatic heterocycles. The van der Waals surface area contributed by atoms with E-state index in [-0.39, 0.29) is 29.7 Å². The van der Waals surface area contributed by atoms with Gasteiger partial charge in [-0.1, -0.05) is 56.7 Å². The Bertz CT molecular complexity index is 1190. The molecule has 38 heavy (non-hydrogen) atoms. The third-order valence-corrected chi connectivity index (χ3v) is 8.23. The van der Waals surface area contributed by atoms with Gasteiger partial charge in [0, 0.05) is 24.0 Å². The monoisotopic (exact) mass is 517 g/mol. The molecule has 0 spiro atoms. The van der Waals surface area contributed by atoms with Crippen LogP contribution in [0.25, 0.3) is 11.4 Å². The van der Waals surface area contributed by atoms with Crippen molar-refractivity contribution in [3.63, 3.8) is 0 Å². The SMILES string of the molecule is CCOc1ccc(Cc2ccc(F)cc2-c2nccn2C(C(=O)NC2CCCCC2)C2CCCCC2)cc1. The summed E-state index contributed by atoms with van der Waals surface area (Å²) in [7, 11) is 0. The zero-order valence-corrected chi connectivity index (χ0v) is 22.5. The topological polar surface area (TPSA) is 56.2 Å². The van der Waals surface area contributed by atoms with Gasteiger partial charge in [-0.3, -0.25) is 4.79 Å². The van der Waals surface area contributed by atoms with E-state index in [9.17, 15) is 9.18 Å². The highest BCUT2D eigenvalue weighted by Crippen LogP contribution is 2.37. The van der Waals surface area contributed by atoms with Crippen LogP contribution in [0.15, 0.2) is 54.9 Å². The lowest BCUT2D eigenvalue weighted by Crippen LogP contribution is -2.43. The minimum absolute atomic E-state index is 0.0903. The number of carbonyl (C=O) groups excluding carboxylic acids is 1. The van der Waals surface area contributed by atoms with Crippen LogP contribution in [0.2, 0.25) is 0 Å². The number of carbonyl (C=O) groups is 1. The summed E-state index contributed by atoms with van der Waals surface area (Å²) in [6.07, 6.45) is 15.6. The number of rotatable bonds is 9. The molecule has 202 valence electrons. The maximum atomic E-state index is 14.6. The number of benzene rings is 2. The van der Waals surface area contributed by atoms with Gasteiger partial charge in [0.05, 0.1) is 6.61 Å². The average Bonchev–Trinajstić information content (AvgIpc) is 3.41. The summed E-state index contributed by atoms with van der Waals surface area (Å²) >= 11 is 0. The number of aromatic nitrogens is 2. The van der Waals surface area contributed by atoms with Crippen molar-refractivity contribution in [2.45, 2.75) is 89.6 Å². The predicted molar refractivity (Wildman–Crippen MR) is 149 cm³/mol. The van der Waals surface area contributed by atoms with E-state index in [4.69, 9.17) is 9.72 Å². The second kappa shape index (κ2) is 12.6. The third-order valence-electron chi connectivity index (χ3n) is 8.23. The fourth-order valence-electron chi connectivity index (χ4n) is 6.30. The molecule has 1 N–H and O–H groups in total. The molecule has 5 rings (SSSR count). The molecule has 2 aliphatic carbocycles. The quantitative estimate of drug-likeness (QED) is 0.325. The van der Waals surface area contributed by atoms with Gasteiger partial charge >= 0.3 is 0 Å². The fourth-order valence-corrected chi connectivity index (χ4v) is 6.30. The van der Waals surface area contributed by atoms with E-state index in [2.05, 4.69) is 5.32 Å². The molecule has 1 aromatic heterocycles. The lowest BCUT2D eigenvalue weighted by atomic mass is 9.82. The molecule has 2 aromatic carbocycles. The van der Waals surface area contributed by atoms with E-state index in [0.717, 1.165) is 61.0 Å². The van der Waals surface area contributed by atoms with E-state index in [1.54, 1.807) is 12.3 Å². The van der Waals surface area contributed by atoms with Crippen LogP contribution in [0, 0.1) is 11.7 Å². The first-order valence-electron chi connectivity index (χ1n) is 14.5. The van der Waals surface area contributed by atoms with Gasteiger partial charge in [0.15, 0.2) is 0 Å². The molecule has 3 aromatic rings. The minimum atomic E-state index is -0.337. The number of amides is 1. The molecule has 0 bridgehead atoms. The minimum Gasteiger partial charge on any atom is -0.494 e. The summed E-state index contributed by atoms with van der Waals surface area (Å²) in [4.78, 5) is 18.6. The summed E-state index contributed by atoms with van der Waals surface area (Å²) in [5.74, 6) is 1.55. The smallest absolute Gasteiger partial charge is 0.243 e. The Morgan fingerprint density at radius 3 is 2.45 bits per heavy atom. The Morgan fingerprint density at radius 1 is 1.03 bits per heavy atom. The van der Waals surface area contributed by atoms with E-state index in [1.165, 1.54) is 31.7 Å². The van der Waals surface area contributed by atoms with E-state index in [1.807, 2.05) is 48.0 Å². The van der Waals surface area contributed by atoms with Crippen molar-refractivity contribution in [3.8, 4) is 17.1 Å². The van der Waals surface area contributed by atoms with Crippen LogP contribution in [-0.4, -0.2) is 28.1 Å². The largest absolute Gasteiger partial charge is 0.494 e. The summed E-state index contributed by atoms with van der Waals surface area (Å²) in [5.41, 5.74) is 2.84. The highest BCUT2D eigenvalue weighted by atomic mass is 19.1. The van der Waals surface area contributed by atoms with Crippen LogP contribution in [-0.2, 0) is 11.2 Å². The molecule has 1 atom stereocenters. The average molecular weight is 518 g/mol. The lowest BCUT2D eigenvalue weighted by molar-refractivity contribution is -0.127. The first-order valence-corrected chi connectivity index (χ1v) is 14.5. The molecule has 0 radical (unpaired) electrons. The molecule has 6 heteroatoms. The van der Waals surface area contributed by atoms with Crippen LogP contribution in [0.5, 0.6) is 5.75 Å². The summed E-state index contributed by atoms with van der Waals surface area (Å²) in [6.45, 7) is 2.59. The van der Waals surface area contributed by atoms with Gasteiger partial charge in [0.25, 0.3) is 0 Å². The molecule has 1 amide bonds. The van der Waals surface area contributed by atoms with Crippen LogP contribution < -0.4 is 10.1 Å². The molecular weight excluding hydrogens is 477 g/mol. The van der Waals surface area contributed by atoms with Crippen LogP contribution in [0.3, 0.4) is 0 Å². The molecule has 2 fully saturated rings. The van der Waals surface area contributed by atoms with Crippen LogP contribution >= 0.6 is 0 Å². The zero-order valence-electron chi connectivity index (χ0n) is 22.5. The number of nitrogens with one attached hydrogen (secondary N) is 1. The zero-order chi connectivity index (χ0) is 26.3. The Kier molecular flexibility index (Phi) is 8.77. The summed E-state index contributed by atoms with van der Waals surface area (Å²) < 4.78 is 22.3. The lowest BCUT2D eigenvalue weighted by Gasteiger charge is -2.33. The Balaban J connectivity index is 1.47. The van der Waals surface area contributed by atoms with Crippen molar-refractivity contribution in [2.75, 3.05) is 6.61 Å². The highest BCUT2D eigenvalue weighted by Gasteiger charge is 2.34. The predicted octanol–water partition coefficient (Wildman–Crippen LogP) is 7.25. The highest BCUT2D eigenvalue weighted by molar-refractivity contribution is 5.82. The Hall–Kier alpha value is -3.15. The van der Waals surface area contributed by atoms with Crippen molar-refractivity contribution in [2.24, 2.45) is 5.92 Å². The first-order chi connectivity index (χ1) is 18.6. The first kappa shape index (κ1) is 26.5. The van der Waals surface area contributed by atoms with Crippen molar-refractivity contribution >= 4 is 5.91 Å². The van der Waals surface area contributed by atoms with Crippen molar-refractivity contribution in [1.82, 2.24) is 14.9 Å². The second-order valence-electron chi connectivity index (χ2n) is 10.9. The number of hydrogen-bond acceptors (Lipinski definition) is 3. The van der Waals surface area contributed by atoms with Gasteiger partial charge in [-0.15, -0.1) is 0 Å². The molecule has 2 saturated carbocycles. The molecule has 2 aliphatic rings. The Morgan fingerprint density at radius 2 is 1.74 bits per heavy atom. The summed E-state index contributed by atoms with van der Waals surface area (Å²) in [5, 5.41) is 3.39. The van der Waals surface area contributed by atoms with Gasteiger partial charge in [0.2, 0.25) is 5.91 Å². The van der Waals surface area contributed by atoms with Gasteiger partial charge in [-0.05, 0) is 80.3 Å². The van der Waals surface area contributed by atoms with E-state index >= 15 is 0 Å². The number of ether oxygens (including phenoxy) is 1. The second-order valence-corrected chi connectivity index (χ2v) is 10.9. The third kappa shape index (κ3) is 6.28. The molecule has 5 nitrogen and oxygen atoms in total. The van der Waals surface area contributed by atoms with Crippen molar-refractivity contribution in [1.29, 1.82) is 0 Å². The number of hydrogen-bond donors (Lipinski definition) is 1. The maximum absolute atomic E-state index is 14.6. The van der Waals surface area contributed by atoms with Gasteiger partial charge in [-0.2, -0.15) is 0 Å². The van der Waals surface area contributed by atoms with Crippen LogP contribution in [0.4, 0.5) is 4.39 Å². The molecular formula is C32H40FN3O2. The van der Waals surface area contributed by atoms with Gasteiger partial charge in [-0.25, -0.2) is 9.37 Å². The number of halogens is 1. The van der Waals surface area contributed by atoms with Crippen molar-refractivity contribution < 1.29 is 13.9 Å². The molecule has 0 saturated heterocycles. The number of nitrogens with zero attached hydrogens (tertiary/aromatic N) is 2.